The second kappa shape index (κ2) is 2.94. The molecule has 64 valence electrons. The van der Waals surface area contributed by atoms with Crippen molar-refractivity contribution in [1.82, 2.24) is 9.97 Å². The van der Waals surface area contributed by atoms with Crippen LogP contribution in [0.1, 0.15) is 16.1 Å². The number of aromatic nitrogens is 2. The van der Waals surface area contributed by atoms with E-state index in [0.717, 1.165) is 17.2 Å². The highest BCUT2D eigenvalue weighted by Gasteiger charge is 2.01. The zero-order chi connectivity index (χ0) is 9.26. The van der Waals surface area contributed by atoms with E-state index in [-0.39, 0.29) is 0 Å². The normalized spacial score (nSPS) is 10.2. The lowest BCUT2D eigenvalue weighted by molar-refractivity contribution is 0.111. The zero-order valence-electron chi connectivity index (χ0n) is 7.19. The third-order valence-corrected chi connectivity index (χ3v) is 1.93. The van der Waals surface area contributed by atoms with E-state index in [1.807, 2.05) is 19.1 Å². The van der Waals surface area contributed by atoms with Crippen molar-refractivity contribution in [3.8, 4) is 0 Å². The molecule has 2 rings (SSSR count). The molecule has 3 nitrogen and oxygen atoms in total. The van der Waals surface area contributed by atoms with E-state index in [1.54, 1.807) is 12.3 Å². The van der Waals surface area contributed by atoms with Gasteiger partial charge in [0.15, 0.2) is 11.9 Å². The molecule has 2 aromatic rings. The average molecular weight is 172 g/mol. The number of pyridine rings is 2. The fourth-order valence-electron chi connectivity index (χ4n) is 1.31. The van der Waals surface area contributed by atoms with Crippen molar-refractivity contribution in [3.05, 3.63) is 35.7 Å². The van der Waals surface area contributed by atoms with Gasteiger partial charge >= 0.3 is 0 Å². The molecular formula is C10H8N2O. The Morgan fingerprint density at radius 1 is 1.46 bits per heavy atom. The van der Waals surface area contributed by atoms with Crippen molar-refractivity contribution >= 4 is 17.3 Å². The molecule has 0 aliphatic carbocycles. The maximum absolute atomic E-state index is 10.5. The molecule has 13 heavy (non-hydrogen) atoms. The summed E-state index contributed by atoms with van der Waals surface area (Å²) in [5, 5.41) is 0.994. The number of hydrogen-bond acceptors (Lipinski definition) is 3. The number of carbonyl (C=O) groups excluding carboxylic acids is 1. The van der Waals surface area contributed by atoms with Crippen LogP contribution in [-0.2, 0) is 0 Å². The van der Waals surface area contributed by atoms with Gasteiger partial charge in [0.2, 0.25) is 0 Å². The van der Waals surface area contributed by atoms with Crippen LogP contribution in [0.15, 0.2) is 24.4 Å². The minimum Gasteiger partial charge on any atom is -0.296 e. The van der Waals surface area contributed by atoms with Crippen molar-refractivity contribution in [3.63, 3.8) is 0 Å². The number of aldehydes is 1. The van der Waals surface area contributed by atoms with Crippen molar-refractivity contribution in [2.24, 2.45) is 0 Å². The van der Waals surface area contributed by atoms with E-state index in [0.29, 0.717) is 11.3 Å². The lowest BCUT2D eigenvalue weighted by atomic mass is 10.1. The number of hydrogen-bond donors (Lipinski definition) is 0. The molecule has 0 atom stereocenters. The zero-order valence-corrected chi connectivity index (χ0v) is 7.19. The smallest absolute Gasteiger partial charge is 0.168 e. The minimum absolute atomic E-state index is 0.434. The molecule has 0 bridgehead atoms. The molecular weight excluding hydrogens is 164 g/mol. The molecule has 0 amide bonds. The Bertz CT molecular complexity index is 465. The second-order valence-electron chi connectivity index (χ2n) is 2.86. The van der Waals surface area contributed by atoms with Crippen LogP contribution in [0.3, 0.4) is 0 Å². The number of rotatable bonds is 1. The monoisotopic (exact) mass is 172 g/mol. The number of nitrogens with zero attached hydrogens (tertiary/aromatic N) is 2. The molecule has 0 aliphatic rings. The summed E-state index contributed by atoms with van der Waals surface area (Å²) >= 11 is 0. The molecule has 0 aromatic carbocycles. The molecule has 0 saturated carbocycles. The standard InChI is InChI=1S/C10H8N2O/c1-7-5-8(6-13)12-10-9(7)3-2-4-11-10/h2-6H,1H3. The molecule has 0 unspecified atom stereocenters. The van der Waals surface area contributed by atoms with Crippen molar-refractivity contribution < 1.29 is 4.79 Å². The number of aryl methyl sites for hydroxylation is 1. The molecule has 0 fully saturated rings. The van der Waals surface area contributed by atoms with Crippen LogP contribution in [0.2, 0.25) is 0 Å². The maximum atomic E-state index is 10.5. The first-order chi connectivity index (χ1) is 6.31. The van der Waals surface area contributed by atoms with E-state index < -0.39 is 0 Å². The highest BCUT2D eigenvalue weighted by atomic mass is 16.1. The van der Waals surface area contributed by atoms with E-state index in [1.165, 1.54) is 0 Å². The third-order valence-electron chi connectivity index (χ3n) is 1.93. The van der Waals surface area contributed by atoms with E-state index in [2.05, 4.69) is 9.97 Å². The van der Waals surface area contributed by atoms with Crippen molar-refractivity contribution in [2.75, 3.05) is 0 Å². The fraction of sp³-hybridized carbons (Fsp3) is 0.100. The minimum atomic E-state index is 0.434. The van der Waals surface area contributed by atoms with Gasteiger partial charge in [-0.05, 0) is 30.7 Å². The lowest BCUT2D eigenvalue weighted by Gasteiger charge is -2.00. The van der Waals surface area contributed by atoms with Gasteiger partial charge in [-0.3, -0.25) is 4.79 Å². The Kier molecular flexibility index (Phi) is 1.77. The van der Waals surface area contributed by atoms with Gasteiger partial charge < -0.3 is 0 Å². The largest absolute Gasteiger partial charge is 0.296 e. The predicted octanol–water partition coefficient (Wildman–Crippen LogP) is 1.75. The molecule has 3 heteroatoms. The first kappa shape index (κ1) is 7.86. The fourth-order valence-corrected chi connectivity index (χ4v) is 1.31. The van der Waals surface area contributed by atoms with Gasteiger partial charge in [0.05, 0.1) is 0 Å². The van der Waals surface area contributed by atoms with Crippen LogP contribution < -0.4 is 0 Å². The summed E-state index contributed by atoms with van der Waals surface area (Å²) in [6.45, 7) is 1.94. The first-order valence-electron chi connectivity index (χ1n) is 3.99. The van der Waals surface area contributed by atoms with Crippen molar-refractivity contribution in [2.45, 2.75) is 6.92 Å². The summed E-state index contributed by atoms with van der Waals surface area (Å²) in [6, 6.07) is 5.56. The Morgan fingerprint density at radius 2 is 2.31 bits per heavy atom. The number of carbonyl (C=O) groups is 1. The van der Waals surface area contributed by atoms with Gasteiger partial charge in [-0.2, -0.15) is 0 Å². The lowest BCUT2D eigenvalue weighted by Crippen LogP contribution is -1.92. The molecule has 2 aromatic heterocycles. The Hall–Kier alpha value is -1.77. The Labute approximate surface area is 75.4 Å². The van der Waals surface area contributed by atoms with Gasteiger partial charge in [-0.1, -0.05) is 0 Å². The average Bonchev–Trinajstić information content (AvgIpc) is 2.18. The van der Waals surface area contributed by atoms with E-state index in [9.17, 15) is 4.79 Å². The van der Waals surface area contributed by atoms with Gasteiger partial charge in [0.25, 0.3) is 0 Å². The van der Waals surface area contributed by atoms with Crippen LogP contribution in [0.4, 0.5) is 0 Å². The van der Waals surface area contributed by atoms with Crippen LogP contribution in [0.25, 0.3) is 11.0 Å². The summed E-state index contributed by atoms with van der Waals surface area (Å²) in [6.07, 6.45) is 2.41. The summed E-state index contributed by atoms with van der Waals surface area (Å²) < 4.78 is 0. The van der Waals surface area contributed by atoms with Crippen LogP contribution in [0, 0.1) is 6.92 Å². The van der Waals surface area contributed by atoms with Gasteiger partial charge in [-0.25, -0.2) is 9.97 Å². The topological polar surface area (TPSA) is 42.9 Å². The molecule has 2 heterocycles. The quantitative estimate of drug-likeness (QED) is 0.615. The molecule has 0 aliphatic heterocycles. The van der Waals surface area contributed by atoms with Crippen LogP contribution in [0.5, 0.6) is 0 Å². The number of fused-ring (bicyclic) bond motifs is 1. The van der Waals surface area contributed by atoms with Gasteiger partial charge in [-0.15, -0.1) is 0 Å². The first-order valence-corrected chi connectivity index (χ1v) is 3.99. The summed E-state index contributed by atoms with van der Waals surface area (Å²) in [7, 11) is 0. The maximum Gasteiger partial charge on any atom is 0.168 e. The summed E-state index contributed by atoms with van der Waals surface area (Å²) in [5.41, 5.74) is 2.09. The predicted molar refractivity (Wildman–Crippen MR) is 49.7 cm³/mol. The van der Waals surface area contributed by atoms with E-state index in [4.69, 9.17) is 0 Å². The van der Waals surface area contributed by atoms with Gasteiger partial charge in [0, 0.05) is 11.6 Å². The van der Waals surface area contributed by atoms with E-state index >= 15 is 0 Å². The van der Waals surface area contributed by atoms with Gasteiger partial charge in [0.1, 0.15) is 5.69 Å². The highest BCUT2D eigenvalue weighted by molar-refractivity contribution is 5.83. The third kappa shape index (κ3) is 1.28. The molecule has 0 radical (unpaired) electrons. The molecule has 0 N–H and O–H groups in total. The van der Waals surface area contributed by atoms with Crippen LogP contribution >= 0.6 is 0 Å². The SMILES string of the molecule is Cc1cc(C=O)nc2ncccc12. The summed E-state index contributed by atoms with van der Waals surface area (Å²) in [5.74, 6) is 0. The van der Waals surface area contributed by atoms with Crippen molar-refractivity contribution in [1.29, 1.82) is 0 Å². The second-order valence-corrected chi connectivity index (χ2v) is 2.86. The Morgan fingerprint density at radius 3 is 3.08 bits per heavy atom. The highest BCUT2D eigenvalue weighted by Crippen LogP contribution is 2.13. The summed E-state index contributed by atoms with van der Waals surface area (Å²) in [4.78, 5) is 18.7. The molecule has 0 spiro atoms. The Balaban J connectivity index is 2.84. The van der Waals surface area contributed by atoms with Crippen LogP contribution in [-0.4, -0.2) is 16.3 Å². The molecule has 0 saturated heterocycles.